The third-order valence-electron chi connectivity index (χ3n) is 7.15. The summed E-state index contributed by atoms with van der Waals surface area (Å²) in [6.07, 6.45) is -0.273. The maximum Gasteiger partial charge on any atom is 0.255 e. The molecule has 36 heavy (non-hydrogen) atoms. The topological polar surface area (TPSA) is 158 Å². The van der Waals surface area contributed by atoms with Crippen LogP contribution in [0.25, 0.3) is 5.76 Å². The fourth-order valence-corrected chi connectivity index (χ4v) is 5.44. The molecule has 1 amide bonds. The number of nitrogens with two attached hydrogens (primary N) is 1. The molecular formula is C27H20FNO7. The van der Waals surface area contributed by atoms with E-state index in [4.69, 9.17) is 5.73 Å². The van der Waals surface area contributed by atoms with E-state index in [1.165, 1.54) is 30.3 Å². The highest BCUT2D eigenvalue weighted by atomic mass is 19.1. The molecule has 8 nitrogen and oxygen atoms in total. The van der Waals surface area contributed by atoms with Gasteiger partial charge in [-0.05, 0) is 48.6 Å². The van der Waals surface area contributed by atoms with Crippen molar-refractivity contribution >= 4 is 23.2 Å². The van der Waals surface area contributed by atoms with Crippen LogP contribution < -0.4 is 5.73 Å². The summed E-state index contributed by atoms with van der Waals surface area (Å²) < 4.78 is 14.0. The third-order valence-corrected chi connectivity index (χ3v) is 7.15. The molecule has 9 heteroatoms. The van der Waals surface area contributed by atoms with Crippen LogP contribution in [0.4, 0.5) is 4.39 Å². The van der Waals surface area contributed by atoms with Gasteiger partial charge < -0.3 is 26.2 Å². The second-order valence-electron chi connectivity index (χ2n) is 9.12. The lowest BCUT2D eigenvalue weighted by atomic mass is 9.59. The molecule has 0 radical (unpaired) electrons. The molecule has 3 unspecified atom stereocenters. The first-order chi connectivity index (χ1) is 17.1. The Balaban J connectivity index is 1.66. The van der Waals surface area contributed by atoms with Gasteiger partial charge in [-0.2, -0.15) is 0 Å². The fourth-order valence-electron chi connectivity index (χ4n) is 5.44. The molecule has 0 bridgehead atoms. The van der Waals surface area contributed by atoms with E-state index in [2.05, 4.69) is 11.8 Å². The van der Waals surface area contributed by atoms with Crippen LogP contribution >= 0.6 is 0 Å². The number of carbonyl (C=O) groups is 3. The van der Waals surface area contributed by atoms with Crippen LogP contribution in [-0.2, 0) is 20.8 Å². The molecule has 3 aliphatic carbocycles. The van der Waals surface area contributed by atoms with E-state index in [1.54, 1.807) is 6.07 Å². The number of Topliss-reactive ketones (excluding diaryl/α,β-unsaturated/α-hetero) is 2. The van der Waals surface area contributed by atoms with Crippen molar-refractivity contribution in [2.75, 3.05) is 0 Å². The van der Waals surface area contributed by atoms with E-state index in [0.29, 0.717) is 11.1 Å². The highest BCUT2D eigenvalue weighted by Gasteiger charge is 2.60. The van der Waals surface area contributed by atoms with Crippen LogP contribution in [0.3, 0.4) is 0 Å². The normalized spacial score (nSPS) is 24.9. The lowest BCUT2D eigenvalue weighted by molar-refractivity contribution is -0.147. The van der Waals surface area contributed by atoms with Crippen molar-refractivity contribution in [3.63, 3.8) is 0 Å². The van der Waals surface area contributed by atoms with Gasteiger partial charge in [-0.3, -0.25) is 14.4 Å². The van der Waals surface area contributed by atoms with Crippen LogP contribution in [0.1, 0.15) is 35.1 Å². The smallest absolute Gasteiger partial charge is 0.255 e. The Morgan fingerprint density at radius 3 is 2.42 bits per heavy atom. The molecule has 5 rings (SSSR count). The molecule has 0 spiro atoms. The molecule has 2 aromatic rings. The van der Waals surface area contributed by atoms with E-state index < -0.39 is 64.2 Å². The summed E-state index contributed by atoms with van der Waals surface area (Å²) in [7, 11) is 0. The number of aromatic hydroxyl groups is 1. The Labute approximate surface area is 204 Å². The van der Waals surface area contributed by atoms with E-state index in [-0.39, 0.29) is 35.3 Å². The molecule has 0 saturated heterocycles. The molecule has 1 fully saturated rings. The van der Waals surface area contributed by atoms with Crippen molar-refractivity contribution in [3.05, 3.63) is 81.4 Å². The second kappa shape index (κ2) is 8.07. The quantitative estimate of drug-likeness (QED) is 0.303. The van der Waals surface area contributed by atoms with Gasteiger partial charge >= 0.3 is 0 Å². The Kier molecular flexibility index (Phi) is 5.23. The summed E-state index contributed by atoms with van der Waals surface area (Å²) in [5, 5.41) is 43.5. The molecular weight excluding hydrogens is 469 g/mol. The molecule has 0 aromatic heterocycles. The van der Waals surface area contributed by atoms with Gasteiger partial charge in [0.05, 0.1) is 11.1 Å². The van der Waals surface area contributed by atoms with Gasteiger partial charge in [-0.1, -0.05) is 24.0 Å². The maximum atomic E-state index is 14.0. The number of aliphatic hydroxyl groups excluding tert-OH is 2. The number of primary amides is 1. The zero-order valence-electron chi connectivity index (χ0n) is 18.7. The number of hydrogen-bond acceptors (Lipinski definition) is 7. The van der Waals surface area contributed by atoms with Gasteiger partial charge in [0, 0.05) is 23.5 Å². The van der Waals surface area contributed by atoms with Crippen LogP contribution in [0.2, 0.25) is 0 Å². The van der Waals surface area contributed by atoms with Crippen molar-refractivity contribution in [1.29, 1.82) is 0 Å². The number of halogens is 1. The average Bonchev–Trinajstić information content (AvgIpc) is 2.81. The van der Waals surface area contributed by atoms with Crippen molar-refractivity contribution < 1.29 is 39.2 Å². The number of benzene rings is 2. The Hall–Kier alpha value is -4.42. The van der Waals surface area contributed by atoms with Crippen LogP contribution in [0, 0.1) is 29.5 Å². The third kappa shape index (κ3) is 3.22. The van der Waals surface area contributed by atoms with E-state index in [1.807, 2.05) is 0 Å². The summed E-state index contributed by atoms with van der Waals surface area (Å²) >= 11 is 0. The number of phenols is 1. The first-order valence-electron chi connectivity index (χ1n) is 11.1. The number of rotatable bonds is 1. The van der Waals surface area contributed by atoms with Gasteiger partial charge in [0.2, 0.25) is 5.78 Å². The van der Waals surface area contributed by atoms with Gasteiger partial charge in [-0.25, -0.2) is 4.39 Å². The van der Waals surface area contributed by atoms with Crippen molar-refractivity contribution in [2.24, 2.45) is 17.6 Å². The average molecular weight is 489 g/mol. The van der Waals surface area contributed by atoms with Gasteiger partial charge in [-0.15, -0.1) is 0 Å². The summed E-state index contributed by atoms with van der Waals surface area (Å²) in [5.74, 6) is -1.86. The first-order valence-corrected chi connectivity index (χ1v) is 11.1. The van der Waals surface area contributed by atoms with Gasteiger partial charge in [0.1, 0.15) is 28.7 Å². The second-order valence-corrected chi connectivity index (χ2v) is 9.12. The number of fused-ring (bicyclic) bond motifs is 3. The summed E-state index contributed by atoms with van der Waals surface area (Å²) in [4.78, 5) is 37.6. The van der Waals surface area contributed by atoms with Crippen LogP contribution in [0.5, 0.6) is 5.75 Å². The summed E-state index contributed by atoms with van der Waals surface area (Å²) in [6.45, 7) is 0. The molecule has 0 heterocycles. The standard InChI is InChI=1S/C27H20FNO7/c28-17-4-2-1-3-13(17)6-5-12-7-8-18(30)21-16(12)10-14-9-15-11-19(31)22(26(29)35)25(34)27(15,36)24(33)20(14)23(21)32/h1-4,7-8,14-15,30,32,34,36H,9-11H2,(H2,29,35). The predicted molar refractivity (Wildman–Crippen MR) is 124 cm³/mol. The minimum Gasteiger partial charge on any atom is -0.508 e. The monoisotopic (exact) mass is 489 g/mol. The predicted octanol–water partition coefficient (Wildman–Crippen LogP) is 1.96. The van der Waals surface area contributed by atoms with Gasteiger partial charge in [0.25, 0.3) is 5.91 Å². The lowest BCUT2D eigenvalue weighted by Gasteiger charge is -2.46. The lowest BCUT2D eigenvalue weighted by Crippen LogP contribution is -2.58. The number of hydrogen-bond donors (Lipinski definition) is 5. The SMILES string of the molecule is NC(=O)C1=C(O)C2(O)C(=O)C3=C(O)c4c(O)ccc(C#Cc5ccccc5F)c4CC3CC2CC1=O. The Morgan fingerprint density at radius 1 is 1.03 bits per heavy atom. The number of phenolic OH excluding ortho intramolecular Hbond substituents is 1. The van der Waals surface area contributed by atoms with Crippen LogP contribution in [0.15, 0.2) is 53.3 Å². The minimum absolute atomic E-state index is 0.0127. The molecule has 3 aliphatic rings. The number of ketones is 2. The molecule has 1 saturated carbocycles. The highest BCUT2D eigenvalue weighted by molar-refractivity contribution is 6.22. The molecule has 3 atom stereocenters. The fraction of sp³-hybridized carbons (Fsp3) is 0.222. The Bertz CT molecular complexity index is 1510. The molecule has 0 aliphatic heterocycles. The van der Waals surface area contributed by atoms with E-state index in [0.717, 1.165) is 0 Å². The first kappa shape index (κ1) is 23.3. The van der Waals surface area contributed by atoms with Gasteiger partial charge in [0.15, 0.2) is 11.4 Å². The zero-order chi connectivity index (χ0) is 25.9. The van der Waals surface area contributed by atoms with E-state index >= 15 is 0 Å². The highest BCUT2D eigenvalue weighted by Crippen LogP contribution is 2.52. The number of amides is 1. The molecule has 182 valence electrons. The Morgan fingerprint density at radius 2 is 1.72 bits per heavy atom. The number of carbonyl (C=O) groups excluding carboxylic acids is 3. The maximum absolute atomic E-state index is 14.0. The minimum atomic E-state index is -2.62. The molecule has 2 aromatic carbocycles. The summed E-state index contributed by atoms with van der Waals surface area (Å²) in [5.41, 5.74) is 2.39. The van der Waals surface area contributed by atoms with Crippen molar-refractivity contribution in [3.8, 4) is 17.6 Å². The van der Waals surface area contributed by atoms with Crippen molar-refractivity contribution in [2.45, 2.75) is 24.9 Å². The molecule has 6 N–H and O–H groups in total. The van der Waals surface area contributed by atoms with E-state index in [9.17, 15) is 39.2 Å². The number of aliphatic hydroxyl groups is 3. The van der Waals surface area contributed by atoms with Crippen LogP contribution in [-0.4, -0.2) is 43.5 Å². The van der Waals surface area contributed by atoms with Crippen molar-refractivity contribution in [1.82, 2.24) is 0 Å². The zero-order valence-corrected chi connectivity index (χ0v) is 18.7. The summed E-state index contributed by atoms with van der Waals surface area (Å²) in [6, 6.07) is 8.72. The largest absolute Gasteiger partial charge is 0.508 e.